The van der Waals surface area contributed by atoms with Gasteiger partial charge in [0.1, 0.15) is 0 Å². The van der Waals surface area contributed by atoms with Gasteiger partial charge in [-0.05, 0) is 64.7 Å². The summed E-state index contributed by atoms with van der Waals surface area (Å²) in [5.74, 6) is 0. The third-order valence-corrected chi connectivity index (χ3v) is 5.47. The van der Waals surface area contributed by atoms with Crippen molar-refractivity contribution in [1.82, 2.24) is 0 Å². The smallest absolute Gasteiger partial charge is 0.262 e. The minimum atomic E-state index is -3.65. The number of halogens is 1. The number of hydrogen-bond acceptors (Lipinski definition) is 3. The third kappa shape index (κ3) is 3.45. The highest BCUT2D eigenvalue weighted by Gasteiger charge is 2.19. The number of nitrogens with two attached hydrogens (primary N) is 1. The first kappa shape index (κ1) is 16.0. The molecular weight excluding hydrogens is 352 g/mol. The molecule has 4 nitrogen and oxygen atoms in total. The normalized spacial score (nSPS) is 11.4. The SMILES string of the molecule is Cc1ccc(Br)c(NS(=O)(=O)c2cccc(CN)c2C)c1. The number of anilines is 1. The van der Waals surface area contributed by atoms with Crippen molar-refractivity contribution in [3.63, 3.8) is 0 Å². The standard InChI is InChI=1S/C15H17BrN2O2S/c1-10-6-7-13(16)14(8-10)18-21(19,20)15-5-3-4-12(9-17)11(15)2/h3-8,18H,9,17H2,1-2H3. The molecule has 21 heavy (non-hydrogen) atoms. The van der Waals surface area contributed by atoms with Crippen LogP contribution < -0.4 is 10.5 Å². The molecule has 2 rings (SSSR count). The Bertz CT molecular complexity index is 773. The molecule has 0 fully saturated rings. The molecule has 0 atom stereocenters. The first-order chi connectivity index (χ1) is 9.85. The van der Waals surface area contributed by atoms with E-state index < -0.39 is 10.0 Å². The zero-order chi connectivity index (χ0) is 15.6. The van der Waals surface area contributed by atoms with Gasteiger partial charge in [-0.25, -0.2) is 8.42 Å². The highest BCUT2D eigenvalue weighted by atomic mass is 79.9. The van der Waals surface area contributed by atoms with Crippen molar-refractivity contribution in [1.29, 1.82) is 0 Å². The van der Waals surface area contributed by atoms with Gasteiger partial charge in [-0.3, -0.25) is 4.72 Å². The summed E-state index contributed by atoms with van der Waals surface area (Å²) in [5.41, 5.74) is 8.63. The maximum Gasteiger partial charge on any atom is 0.262 e. The molecule has 0 saturated heterocycles. The van der Waals surface area contributed by atoms with E-state index in [1.165, 1.54) is 0 Å². The summed E-state index contributed by atoms with van der Waals surface area (Å²) in [7, 11) is -3.65. The predicted octanol–water partition coefficient (Wildman–Crippen LogP) is 3.33. The van der Waals surface area contributed by atoms with Gasteiger partial charge < -0.3 is 5.73 Å². The number of nitrogens with one attached hydrogen (secondary N) is 1. The molecule has 2 aromatic rings. The molecule has 0 spiro atoms. The van der Waals surface area contributed by atoms with E-state index in [0.29, 0.717) is 22.3 Å². The second-order valence-electron chi connectivity index (χ2n) is 4.83. The van der Waals surface area contributed by atoms with E-state index in [1.54, 1.807) is 25.1 Å². The van der Waals surface area contributed by atoms with Gasteiger partial charge in [0.25, 0.3) is 10.0 Å². The van der Waals surface area contributed by atoms with Crippen LogP contribution in [0.4, 0.5) is 5.69 Å². The lowest BCUT2D eigenvalue weighted by atomic mass is 10.1. The molecule has 2 aromatic carbocycles. The topological polar surface area (TPSA) is 72.2 Å². The second-order valence-corrected chi connectivity index (χ2v) is 7.34. The van der Waals surface area contributed by atoms with Crippen LogP contribution in [0, 0.1) is 13.8 Å². The summed E-state index contributed by atoms with van der Waals surface area (Å²) < 4.78 is 28.5. The Morgan fingerprint density at radius 3 is 2.57 bits per heavy atom. The van der Waals surface area contributed by atoms with E-state index in [1.807, 2.05) is 25.1 Å². The largest absolute Gasteiger partial charge is 0.326 e. The van der Waals surface area contributed by atoms with Gasteiger partial charge in [0.2, 0.25) is 0 Å². The summed E-state index contributed by atoms with van der Waals surface area (Å²) in [6.07, 6.45) is 0. The van der Waals surface area contributed by atoms with Crippen molar-refractivity contribution in [2.75, 3.05) is 4.72 Å². The second kappa shape index (κ2) is 6.17. The Labute approximate surface area is 133 Å². The van der Waals surface area contributed by atoms with Crippen LogP contribution in [-0.4, -0.2) is 8.42 Å². The number of benzene rings is 2. The quantitative estimate of drug-likeness (QED) is 0.869. The Hall–Kier alpha value is -1.37. The lowest BCUT2D eigenvalue weighted by Gasteiger charge is -2.14. The van der Waals surface area contributed by atoms with Crippen LogP contribution in [0.25, 0.3) is 0 Å². The van der Waals surface area contributed by atoms with Crippen molar-refractivity contribution in [2.24, 2.45) is 5.73 Å². The van der Waals surface area contributed by atoms with E-state index in [-0.39, 0.29) is 4.90 Å². The molecule has 0 bridgehead atoms. The molecule has 6 heteroatoms. The van der Waals surface area contributed by atoms with Gasteiger partial charge in [0.05, 0.1) is 10.6 Å². The van der Waals surface area contributed by atoms with E-state index >= 15 is 0 Å². The van der Waals surface area contributed by atoms with Crippen LogP contribution in [0.5, 0.6) is 0 Å². The highest BCUT2D eigenvalue weighted by Crippen LogP contribution is 2.27. The molecule has 0 saturated carbocycles. The third-order valence-electron chi connectivity index (χ3n) is 3.27. The van der Waals surface area contributed by atoms with Gasteiger partial charge in [-0.15, -0.1) is 0 Å². The molecule has 0 unspecified atom stereocenters. The average molecular weight is 369 g/mol. The molecule has 0 amide bonds. The summed E-state index contributed by atoms with van der Waals surface area (Å²) in [6, 6.07) is 10.6. The zero-order valence-electron chi connectivity index (χ0n) is 11.9. The van der Waals surface area contributed by atoms with Crippen molar-refractivity contribution in [3.05, 3.63) is 57.6 Å². The minimum Gasteiger partial charge on any atom is -0.326 e. The molecule has 3 N–H and O–H groups in total. The number of hydrogen-bond donors (Lipinski definition) is 2. The van der Waals surface area contributed by atoms with Gasteiger partial charge in [0, 0.05) is 11.0 Å². The summed E-state index contributed by atoms with van der Waals surface area (Å²) in [4.78, 5) is 0.249. The van der Waals surface area contributed by atoms with Gasteiger partial charge in [0.15, 0.2) is 0 Å². The molecule has 0 heterocycles. The lowest BCUT2D eigenvalue weighted by molar-refractivity contribution is 0.600. The van der Waals surface area contributed by atoms with E-state index in [2.05, 4.69) is 20.7 Å². The first-order valence-electron chi connectivity index (χ1n) is 6.42. The van der Waals surface area contributed by atoms with Crippen LogP contribution >= 0.6 is 15.9 Å². The Balaban J connectivity index is 2.46. The summed E-state index contributed by atoms with van der Waals surface area (Å²) >= 11 is 3.36. The fourth-order valence-electron chi connectivity index (χ4n) is 2.09. The Kier molecular flexibility index (Phi) is 4.70. The van der Waals surface area contributed by atoms with E-state index in [0.717, 1.165) is 11.1 Å². The van der Waals surface area contributed by atoms with Crippen molar-refractivity contribution >= 4 is 31.6 Å². The lowest BCUT2D eigenvalue weighted by Crippen LogP contribution is -2.16. The Morgan fingerprint density at radius 2 is 1.90 bits per heavy atom. The average Bonchev–Trinajstić information content (AvgIpc) is 2.42. The monoisotopic (exact) mass is 368 g/mol. The Morgan fingerprint density at radius 1 is 1.19 bits per heavy atom. The summed E-state index contributed by atoms with van der Waals surface area (Å²) in [5, 5.41) is 0. The van der Waals surface area contributed by atoms with Crippen molar-refractivity contribution in [2.45, 2.75) is 25.3 Å². The fraction of sp³-hybridized carbons (Fsp3) is 0.200. The molecule has 0 aliphatic heterocycles. The van der Waals surface area contributed by atoms with Gasteiger partial charge in [-0.2, -0.15) is 0 Å². The van der Waals surface area contributed by atoms with Gasteiger partial charge >= 0.3 is 0 Å². The minimum absolute atomic E-state index is 0.249. The van der Waals surface area contributed by atoms with Crippen LogP contribution in [0.3, 0.4) is 0 Å². The molecule has 112 valence electrons. The highest BCUT2D eigenvalue weighted by molar-refractivity contribution is 9.10. The molecule has 0 aliphatic carbocycles. The van der Waals surface area contributed by atoms with Crippen LogP contribution in [0.1, 0.15) is 16.7 Å². The zero-order valence-corrected chi connectivity index (χ0v) is 14.3. The van der Waals surface area contributed by atoms with Gasteiger partial charge in [-0.1, -0.05) is 18.2 Å². The number of aryl methyl sites for hydroxylation is 1. The number of sulfonamides is 1. The summed E-state index contributed by atoms with van der Waals surface area (Å²) in [6.45, 7) is 3.98. The van der Waals surface area contributed by atoms with E-state index in [4.69, 9.17) is 5.73 Å². The predicted molar refractivity (Wildman–Crippen MR) is 88.8 cm³/mol. The van der Waals surface area contributed by atoms with Crippen molar-refractivity contribution < 1.29 is 8.42 Å². The first-order valence-corrected chi connectivity index (χ1v) is 8.70. The molecular formula is C15H17BrN2O2S. The van der Waals surface area contributed by atoms with Crippen LogP contribution in [-0.2, 0) is 16.6 Å². The molecule has 0 radical (unpaired) electrons. The maximum absolute atomic E-state index is 12.6. The van der Waals surface area contributed by atoms with E-state index in [9.17, 15) is 8.42 Å². The number of rotatable bonds is 4. The molecule has 0 aliphatic rings. The maximum atomic E-state index is 12.6. The van der Waals surface area contributed by atoms with Crippen LogP contribution in [0.15, 0.2) is 45.8 Å². The van der Waals surface area contributed by atoms with Crippen molar-refractivity contribution in [3.8, 4) is 0 Å². The molecule has 0 aromatic heterocycles. The fourth-order valence-corrected chi connectivity index (χ4v) is 3.93. The van der Waals surface area contributed by atoms with Crippen LogP contribution in [0.2, 0.25) is 0 Å².